The molecule has 0 unspecified atom stereocenters. The second kappa shape index (κ2) is 9.19. The van der Waals surface area contributed by atoms with Gasteiger partial charge in [0.2, 0.25) is 11.8 Å². The molecule has 0 bridgehead atoms. The van der Waals surface area contributed by atoms with Crippen LogP contribution < -0.4 is 20.5 Å². The summed E-state index contributed by atoms with van der Waals surface area (Å²) in [6.45, 7) is 1.07. The average Bonchev–Trinajstić information content (AvgIpc) is 3.21. The topological polar surface area (TPSA) is 103 Å². The second-order valence-electron chi connectivity index (χ2n) is 7.56. The third-order valence-corrected chi connectivity index (χ3v) is 5.51. The van der Waals surface area contributed by atoms with E-state index in [1.165, 1.54) is 10.9 Å². The number of fused-ring (bicyclic) bond motifs is 1. The maximum absolute atomic E-state index is 12.8. The molecule has 2 amide bonds. The number of nitrogens with one attached hydrogen (secondary N) is 1. The van der Waals surface area contributed by atoms with Gasteiger partial charge in [0.1, 0.15) is 5.75 Å². The van der Waals surface area contributed by atoms with Crippen molar-refractivity contribution in [3.8, 4) is 5.75 Å². The first-order valence-electron chi connectivity index (χ1n) is 10.2. The number of hydrogen-bond donors (Lipinski definition) is 1. The molecule has 1 atom stereocenters. The van der Waals surface area contributed by atoms with Gasteiger partial charge in [-0.1, -0.05) is 0 Å². The maximum atomic E-state index is 12.8. The molecule has 0 spiro atoms. The summed E-state index contributed by atoms with van der Waals surface area (Å²) in [6, 6.07) is 12.1. The quantitative estimate of drug-likeness (QED) is 0.608. The number of anilines is 2. The van der Waals surface area contributed by atoms with Crippen molar-refractivity contribution in [3.05, 3.63) is 59.1 Å². The van der Waals surface area contributed by atoms with E-state index in [4.69, 9.17) is 9.47 Å². The highest BCUT2D eigenvalue weighted by molar-refractivity contribution is 6.04. The van der Waals surface area contributed by atoms with Crippen molar-refractivity contribution in [3.63, 3.8) is 0 Å². The summed E-state index contributed by atoms with van der Waals surface area (Å²) in [5.41, 5.74) is 1.55. The van der Waals surface area contributed by atoms with Crippen LogP contribution in [0.3, 0.4) is 0 Å². The number of ether oxygens (including phenoxy) is 2. The molecule has 1 aliphatic rings. The molecular formula is C23H24N4O5. The first kappa shape index (κ1) is 21.5. The molecule has 0 radical (unpaired) electrons. The van der Waals surface area contributed by atoms with Gasteiger partial charge in [-0.25, -0.2) is 4.98 Å². The molecule has 0 saturated carbocycles. The van der Waals surface area contributed by atoms with Gasteiger partial charge in [-0.05, 0) is 42.5 Å². The Balaban J connectivity index is 1.49. The number of carbonyl (C=O) groups excluding carboxylic acids is 2. The lowest BCUT2D eigenvalue weighted by atomic mass is 10.1. The zero-order valence-electron chi connectivity index (χ0n) is 17.9. The second-order valence-corrected chi connectivity index (χ2v) is 7.56. The van der Waals surface area contributed by atoms with Gasteiger partial charge in [0.05, 0.1) is 43.4 Å². The van der Waals surface area contributed by atoms with Gasteiger partial charge in [0, 0.05) is 31.5 Å². The van der Waals surface area contributed by atoms with Crippen LogP contribution in [0.1, 0.15) is 6.42 Å². The minimum atomic E-state index is -0.493. The third kappa shape index (κ3) is 4.33. The Morgan fingerprint density at radius 1 is 1.16 bits per heavy atom. The monoisotopic (exact) mass is 436 g/mol. The fraction of sp³-hybridized carbons (Fsp3) is 0.304. The Morgan fingerprint density at radius 3 is 2.66 bits per heavy atom. The van der Waals surface area contributed by atoms with Crippen molar-refractivity contribution in [2.75, 3.05) is 37.6 Å². The summed E-state index contributed by atoms with van der Waals surface area (Å²) in [5, 5.41) is 3.24. The van der Waals surface area contributed by atoms with Gasteiger partial charge in [-0.2, -0.15) is 0 Å². The third-order valence-electron chi connectivity index (χ3n) is 5.51. The molecule has 1 fully saturated rings. The lowest BCUT2D eigenvalue weighted by Gasteiger charge is -2.17. The molecule has 9 nitrogen and oxygen atoms in total. The van der Waals surface area contributed by atoms with Gasteiger partial charge in [-0.15, -0.1) is 0 Å². The Kier molecular flexibility index (Phi) is 6.18. The number of aromatic nitrogens is 2. The van der Waals surface area contributed by atoms with Crippen molar-refractivity contribution >= 4 is 34.1 Å². The van der Waals surface area contributed by atoms with E-state index in [1.54, 1.807) is 61.6 Å². The summed E-state index contributed by atoms with van der Waals surface area (Å²) >= 11 is 0. The molecule has 1 aromatic heterocycles. The number of benzene rings is 2. The van der Waals surface area contributed by atoms with Crippen molar-refractivity contribution in [2.45, 2.75) is 13.0 Å². The molecule has 3 aromatic rings. The van der Waals surface area contributed by atoms with Crippen LogP contribution in [0.4, 0.5) is 11.4 Å². The Labute approximate surface area is 184 Å². The molecular weight excluding hydrogens is 412 g/mol. The maximum Gasteiger partial charge on any atom is 0.261 e. The zero-order valence-corrected chi connectivity index (χ0v) is 17.9. The molecule has 1 aliphatic heterocycles. The van der Waals surface area contributed by atoms with Crippen molar-refractivity contribution in [2.24, 2.45) is 5.92 Å². The average molecular weight is 436 g/mol. The molecule has 0 aliphatic carbocycles. The van der Waals surface area contributed by atoms with E-state index in [0.29, 0.717) is 35.5 Å². The Bertz CT molecular complexity index is 1210. The van der Waals surface area contributed by atoms with Crippen LogP contribution in [0.2, 0.25) is 0 Å². The van der Waals surface area contributed by atoms with Gasteiger partial charge in [0.25, 0.3) is 5.56 Å². The minimum absolute atomic E-state index is 0.112. The van der Waals surface area contributed by atoms with E-state index in [2.05, 4.69) is 10.3 Å². The van der Waals surface area contributed by atoms with E-state index >= 15 is 0 Å². The fourth-order valence-electron chi connectivity index (χ4n) is 3.72. The minimum Gasteiger partial charge on any atom is -0.497 e. The first-order valence-corrected chi connectivity index (χ1v) is 10.2. The standard InChI is InChI=1S/C23H24N4O5/c1-31-10-9-26-14-24-20-8-3-16(12-19(20)23(26)30)25-22(29)15-11-21(28)27(13-15)17-4-6-18(32-2)7-5-17/h3-8,12,14-15H,9-11,13H2,1-2H3,(H,25,29)/t15-/m1/s1. The van der Waals surface area contributed by atoms with E-state index in [1.807, 2.05) is 0 Å². The van der Waals surface area contributed by atoms with Crippen LogP contribution in [-0.4, -0.2) is 48.7 Å². The summed E-state index contributed by atoms with van der Waals surface area (Å²) < 4.78 is 11.6. The van der Waals surface area contributed by atoms with Crippen LogP contribution in [0, 0.1) is 5.92 Å². The summed E-state index contributed by atoms with van der Waals surface area (Å²) in [5.74, 6) is -0.175. The number of nitrogens with zero attached hydrogens (tertiary/aromatic N) is 3. The van der Waals surface area contributed by atoms with E-state index in [0.717, 1.165) is 5.69 Å². The number of rotatable bonds is 7. The predicted molar refractivity (Wildman–Crippen MR) is 120 cm³/mol. The Morgan fingerprint density at radius 2 is 1.94 bits per heavy atom. The van der Waals surface area contributed by atoms with E-state index < -0.39 is 5.92 Å². The normalized spacial score (nSPS) is 15.9. The number of methoxy groups -OCH3 is 2. The molecule has 32 heavy (non-hydrogen) atoms. The van der Waals surface area contributed by atoms with Crippen molar-refractivity contribution < 1.29 is 19.1 Å². The molecule has 4 rings (SSSR count). The van der Waals surface area contributed by atoms with Crippen molar-refractivity contribution in [1.29, 1.82) is 0 Å². The number of amides is 2. The summed E-state index contributed by atoms with van der Waals surface area (Å²) in [4.78, 5) is 43.9. The highest BCUT2D eigenvalue weighted by Crippen LogP contribution is 2.27. The van der Waals surface area contributed by atoms with Crippen LogP contribution in [0.5, 0.6) is 5.75 Å². The zero-order chi connectivity index (χ0) is 22.7. The molecule has 166 valence electrons. The highest BCUT2D eigenvalue weighted by Gasteiger charge is 2.35. The lowest BCUT2D eigenvalue weighted by molar-refractivity contribution is -0.122. The predicted octanol–water partition coefficient (Wildman–Crippen LogP) is 2.04. The first-order chi connectivity index (χ1) is 15.5. The number of carbonyl (C=O) groups is 2. The van der Waals surface area contributed by atoms with E-state index in [9.17, 15) is 14.4 Å². The highest BCUT2D eigenvalue weighted by atomic mass is 16.5. The van der Waals surface area contributed by atoms with Crippen LogP contribution >= 0.6 is 0 Å². The largest absolute Gasteiger partial charge is 0.497 e. The van der Waals surface area contributed by atoms with Crippen molar-refractivity contribution in [1.82, 2.24) is 9.55 Å². The summed E-state index contributed by atoms with van der Waals surface area (Å²) in [7, 11) is 3.14. The van der Waals surface area contributed by atoms with E-state index in [-0.39, 0.29) is 30.3 Å². The fourth-order valence-corrected chi connectivity index (χ4v) is 3.72. The lowest BCUT2D eigenvalue weighted by Crippen LogP contribution is -2.28. The smallest absolute Gasteiger partial charge is 0.261 e. The van der Waals surface area contributed by atoms with Crippen LogP contribution in [-0.2, 0) is 20.9 Å². The SMILES string of the molecule is COCCn1cnc2ccc(NC(=O)[C@@H]3CC(=O)N(c4ccc(OC)cc4)C3)cc2c1=O. The number of hydrogen-bond acceptors (Lipinski definition) is 6. The van der Waals surface area contributed by atoms with Gasteiger partial charge in [-0.3, -0.25) is 19.0 Å². The summed E-state index contributed by atoms with van der Waals surface area (Å²) in [6.07, 6.45) is 1.61. The van der Waals surface area contributed by atoms with Gasteiger partial charge in [0.15, 0.2) is 0 Å². The Hall–Kier alpha value is -3.72. The van der Waals surface area contributed by atoms with Crippen LogP contribution in [0.25, 0.3) is 10.9 Å². The van der Waals surface area contributed by atoms with Crippen LogP contribution in [0.15, 0.2) is 53.6 Å². The van der Waals surface area contributed by atoms with Gasteiger partial charge < -0.3 is 19.7 Å². The molecule has 1 saturated heterocycles. The van der Waals surface area contributed by atoms with Gasteiger partial charge >= 0.3 is 0 Å². The molecule has 2 aromatic carbocycles. The molecule has 1 N–H and O–H groups in total. The molecule has 9 heteroatoms. The molecule has 2 heterocycles.